The van der Waals surface area contributed by atoms with E-state index in [-0.39, 0.29) is 12.1 Å². The van der Waals surface area contributed by atoms with Gasteiger partial charge in [0.25, 0.3) is 0 Å². The van der Waals surface area contributed by atoms with Crippen LogP contribution >= 0.6 is 0 Å². The summed E-state index contributed by atoms with van der Waals surface area (Å²) >= 11 is 0. The van der Waals surface area contributed by atoms with Crippen LogP contribution in [-0.2, 0) is 15.7 Å². The van der Waals surface area contributed by atoms with Crippen molar-refractivity contribution in [1.29, 1.82) is 0 Å². The number of carbonyl (C=O) groups is 1. The van der Waals surface area contributed by atoms with Gasteiger partial charge < -0.3 is 10.1 Å². The Morgan fingerprint density at radius 3 is 2.72 bits per heavy atom. The van der Waals surface area contributed by atoms with E-state index in [9.17, 15) is 18.0 Å². The molecule has 3 aromatic rings. The number of ether oxygens (including phenoxy) is 1. The predicted molar refractivity (Wildman–Crippen MR) is 101 cm³/mol. The van der Waals surface area contributed by atoms with Crippen LogP contribution in [0, 0.1) is 6.92 Å². The van der Waals surface area contributed by atoms with Crippen LogP contribution in [0.1, 0.15) is 42.0 Å². The number of alkyl halides is 3. The Bertz CT molecular complexity index is 1000. The molecule has 29 heavy (non-hydrogen) atoms. The van der Waals surface area contributed by atoms with Gasteiger partial charge in [0.2, 0.25) is 0 Å². The number of rotatable bonds is 6. The molecule has 1 unspecified atom stereocenters. The number of esters is 1. The first-order valence-electron chi connectivity index (χ1n) is 8.88. The minimum Gasteiger partial charge on any atom is -0.451 e. The Morgan fingerprint density at radius 1 is 1.24 bits per heavy atom. The van der Waals surface area contributed by atoms with Crippen LogP contribution in [0.25, 0.3) is 0 Å². The zero-order valence-corrected chi connectivity index (χ0v) is 15.7. The molecule has 0 amide bonds. The molecule has 0 aliphatic rings. The fourth-order valence-corrected chi connectivity index (χ4v) is 2.71. The number of nitrogens with one attached hydrogen (secondary N) is 2. The van der Waals surface area contributed by atoms with Crippen molar-refractivity contribution >= 4 is 17.5 Å². The lowest BCUT2D eigenvalue weighted by molar-refractivity contribution is -0.147. The summed E-state index contributed by atoms with van der Waals surface area (Å²) in [7, 11) is 0. The Hall–Kier alpha value is -3.36. The maximum atomic E-state index is 12.9. The molecular weight excluding hydrogens is 385 g/mol. The average Bonchev–Trinajstić information content (AvgIpc) is 3.13. The van der Waals surface area contributed by atoms with Crippen molar-refractivity contribution in [2.75, 3.05) is 5.32 Å². The number of nitrogens with zero attached hydrogens (tertiary/aromatic N) is 2. The molecule has 0 radical (unpaired) electrons. The van der Waals surface area contributed by atoms with Crippen LogP contribution in [0.4, 0.5) is 24.7 Å². The first-order valence-corrected chi connectivity index (χ1v) is 8.88. The van der Waals surface area contributed by atoms with Crippen molar-refractivity contribution in [2.24, 2.45) is 0 Å². The molecule has 3 rings (SSSR count). The highest BCUT2D eigenvalue weighted by molar-refractivity contribution is 5.69. The first-order chi connectivity index (χ1) is 13.8. The van der Waals surface area contributed by atoms with Crippen molar-refractivity contribution in [3.63, 3.8) is 0 Å². The van der Waals surface area contributed by atoms with E-state index in [1.54, 1.807) is 31.3 Å². The summed E-state index contributed by atoms with van der Waals surface area (Å²) in [4.78, 5) is 16.0. The van der Waals surface area contributed by atoms with Crippen molar-refractivity contribution in [3.8, 4) is 0 Å². The monoisotopic (exact) mass is 404 g/mol. The molecular formula is C20H19F3N4O2. The number of aryl methyl sites for hydroxylation is 1. The van der Waals surface area contributed by atoms with Gasteiger partial charge in [0, 0.05) is 35.6 Å². The highest BCUT2D eigenvalue weighted by Gasteiger charge is 2.30. The molecule has 0 bridgehead atoms. The number of halogens is 3. The standard InChI is InChI=1S/C20H19F3N4O2/c1-3-18(28)29-19(13-7-8-24-12(2)9-13)16-11-17(27-26-16)25-15-6-4-5-14(10-15)20(21,22)23/h4-11,19H,3H2,1-2H3,(H2,25,26,27). The van der Waals surface area contributed by atoms with E-state index in [0.717, 1.165) is 17.8 Å². The molecule has 0 aliphatic carbocycles. The number of benzene rings is 1. The summed E-state index contributed by atoms with van der Waals surface area (Å²) in [6.07, 6.45) is -3.37. The summed E-state index contributed by atoms with van der Waals surface area (Å²) < 4.78 is 44.2. The van der Waals surface area contributed by atoms with Gasteiger partial charge in [-0.1, -0.05) is 13.0 Å². The van der Waals surface area contributed by atoms with E-state index < -0.39 is 23.8 Å². The van der Waals surface area contributed by atoms with Gasteiger partial charge in [0.15, 0.2) is 11.9 Å². The van der Waals surface area contributed by atoms with E-state index in [1.165, 1.54) is 12.1 Å². The summed E-state index contributed by atoms with van der Waals surface area (Å²) in [5.74, 6) is -0.103. The number of anilines is 2. The van der Waals surface area contributed by atoms with Crippen LogP contribution < -0.4 is 5.32 Å². The SMILES string of the molecule is CCC(=O)OC(c1ccnc(C)c1)c1cc(Nc2cccc(C(F)(F)F)c2)n[nH]1. The minimum atomic E-state index is -4.44. The molecule has 1 atom stereocenters. The Labute approximate surface area is 165 Å². The molecule has 2 aromatic heterocycles. The minimum absolute atomic E-state index is 0.198. The average molecular weight is 404 g/mol. The second-order valence-corrected chi connectivity index (χ2v) is 6.37. The lowest BCUT2D eigenvalue weighted by atomic mass is 10.1. The van der Waals surface area contributed by atoms with Gasteiger partial charge in [-0.2, -0.15) is 18.3 Å². The van der Waals surface area contributed by atoms with Gasteiger partial charge in [0.1, 0.15) is 0 Å². The summed E-state index contributed by atoms with van der Waals surface area (Å²) in [5.41, 5.74) is 1.40. The number of pyridine rings is 1. The molecule has 0 spiro atoms. The van der Waals surface area contributed by atoms with Gasteiger partial charge in [0.05, 0.1) is 11.3 Å². The van der Waals surface area contributed by atoms with Crippen molar-refractivity contribution in [1.82, 2.24) is 15.2 Å². The van der Waals surface area contributed by atoms with Crippen LogP contribution in [0.2, 0.25) is 0 Å². The molecule has 0 aliphatic heterocycles. The van der Waals surface area contributed by atoms with Crippen LogP contribution in [0.5, 0.6) is 0 Å². The number of carbonyl (C=O) groups excluding carboxylic acids is 1. The first kappa shape index (κ1) is 20.4. The Morgan fingerprint density at radius 2 is 2.03 bits per heavy atom. The van der Waals surface area contributed by atoms with Crippen LogP contribution in [-0.4, -0.2) is 21.2 Å². The fourth-order valence-electron chi connectivity index (χ4n) is 2.71. The number of H-pyrrole nitrogens is 1. The second-order valence-electron chi connectivity index (χ2n) is 6.37. The van der Waals surface area contributed by atoms with Crippen LogP contribution in [0.15, 0.2) is 48.7 Å². The molecule has 2 N–H and O–H groups in total. The third-order valence-corrected chi connectivity index (χ3v) is 4.10. The molecule has 152 valence electrons. The van der Waals surface area contributed by atoms with E-state index in [1.807, 2.05) is 6.92 Å². The zero-order valence-electron chi connectivity index (χ0n) is 15.7. The molecule has 0 fully saturated rings. The maximum absolute atomic E-state index is 12.9. The Kier molecular flexibility index (Phi) is 5.86. The van der Waals surface area contributed by atoms with E-state index in [0.29, 0.717) is 17.1 Å². The molecule has 0 saturated carbocycles. The molecule has 0 saturated heterocycles. The number of aromatic nitrogens is 3. The third-order valence-electron chi connectivity index (χ3n) is 4.10. The molecule has 6 nitrogen and oxygen atoms in total. The largest absolute Gasteiger partial charge is 0.451 e. The molecule has 9 heteroatoms. The number of hydrogen-bond acceptors (Lipinski definition) is 5. The smallest absolute Gasteiger partial charge is 0.416 e. The van der Waals surface area contributed by atoms with Gasteiger partial charge in [-0.15, -0.1) is 0 Å². The van der Waals surface area contributed by atoms with Crippen LogP contribution in [0.3, 0.4) is 0 Å². The predicted octanol–water partition coefficient (Wildman–Crippen LogP) is 4.92. The number of hydrogen-bond donors (Lipinski definition) is 2. The van der Waals surface area contributed by atoms with Crippen molar-refractivity contribution in [3.05, 3.63) is 71.2 Å². The highest BCUT2D eigenvalue weighted by atomic mass is 19.4. The molecule has 2 heterocycles. The lowest BCUT2D eigenvalue weighted by Gasteiger charge is -2.16. The fraction of sp³-hybridized carbons (Fsp3) is 0.250. The number of aromatic amines is 1. The summed E-state index contributed by atoms with van der Waals surface area (Å²) in [6.45, 7) is 3.50. The summed E-state index contributed by atoms with van der Waals surface area (Å²) in [5, 5.41) is 9.69. The Balaban J connectivity index is 1.86. The van der Waals surface area contributed by atoms with Crippen molar-refractivity contribution < 1.29 is 22.7 Å². The van der Waals surface area contributed by atoms with E-state index in [2.05, 4.69) is 20.5 Å². The topological polar surface area (TPSA) is 79.9 Å². The molecule has 1 aromatic carbocycles. The zero-order chi connectivity index (χ0) is 21.0. The normalized spacial score (nSPS) is 12.4. The second kappa shape index (κ2) is 8.34. The lowest BCUT2D eigenvalue weighted by Crippen LogP contribution is -2.12. The highest BCUT2D eigenvalue weighted by Crippen LogP contribution is 2.32. The van der Waals surface area contributed by atoms with Crippen molar-refractivity contribution in [2.45, 2.75) is 32.5 Å². The maximum Gasteiger partial charge on any atom is 0.416 e. The summed E-state index contributed by atoms with van der Waals surface area (Å²) in [6, 6.07) is 9.90. The van der Waals surface area contributed by atoms with E-state index >= 15 is 0 Å². The third kappa shape index (κ3) is 5.13. The quantitative estimate of drug-likeness (QED) is 0.570. The van der Waals surface area contributed by atoms with Gasteiger partial charge in [-0.05, 0) is 37.3 Å². The van der Waals surface area contributed by atoms with Gasteiger partial charge in [-0.3, -0.25) is 14.9 Å². The van der Waals surface area contributed by atoms with Gasteiger partial charge in [-0.25, -0.2) is 0 Å². The van der Waals surface area contributed by atoms with Gasteiger partial charge >= 0.3 is 12.1 Å². The van der Waals surface area contributed by atoms with E-state index in [4.69, 9.17) is 4.74 Å².